The Hall–Kier alpha value is -1.78. The van der Waals surface area contributed by atoms with Crippen LogP contribution in [0, 0.1) is 12.3 Å². The highest BCUT2D eigenvalue weighted by Crippen LogP contribution is 2.49. The van der Waals surface area contributed by atoms with Gasteiger partial charge in [0.1, 0.15) is 5.82 Å². The number of aliphatic carboxylic acids is 1. The number of carbonyl (C=O) groups is 2. The molecule has 1 aromatic rings. The molecular formula is C11H12N2O3. The Labute approximate surface area is 92.5 Å². The van der Waals surface area contributed by atoms with Crippen molar-refractivity contribution in [2.75, 3.05) is 0 Å². The van der Waals surface area contributed by atoms with Crippen LogP contribution >= 0.6 is 0 Å². The molecule has 1 N–H and O–H groups in total. The molecule has 0 radical (unpaired) electrons. The van der Waals surface area contributed by atoms with Gasteiger partial charge >= 0.3 is 5.97 Å². The number of carboxylic acids is 1. The highest BCUT2D eigenvalue weighted by molar-refractivity contribution is 5.99. The van der Waals surface area contributed by atoms with Crippen molar-refractivity contribution in [3.63, 3.8) is 0 Å². The number of rotatable bonds is 4. The number of hydrogen-bond donors (Lipinski definition) is 1. The van der Waals surface area contributed by atoms with Crippen LogP contribution in [0.5, 0.6) is 0 Å². The van der Waals surface area contributed by atoms with Gasteiger partial charge < -0.3 is 5.11 Å². The van der Waals surface area contributed by atoms with E-state index in [1.165, 1.54) is 12.4 Å². The Kier molecular flexibility index (Phi) is 2.46. The molecule has 16 heavy (non-hydrogen) atoms. The fourth-order valence-electron chi connectivity index (χ4n) is 1.56. The maximum atomic E-state index is 11.8. The van der Waals surface area contributed by atoms with Gasteiger partial charge in [0.05, 0.1) is 11.0 Å². The van der Waals surface area contributed by atoms with Gasteiger partial charge in [-0.2, -0.15) is 0 Å². The van der Waals surface area contributed by atoms with E-state index in [0.717, 1.165) is 0 Å². The largest absolute Gasteiger partial charge is 0.481 e. The molecule has 0 amide bonds. The molecule has 0 aliphatic heterocycles. The summed E-state index contributed by atoms with van der Waals surface area (Å²) in [6.45, 7) is 1.73. The van der Waals surface area contributed by atoms with Crippen LogP contribution in [0.15, 0.2) is 12.4 Å². The van der Waals surface area contributed by atoms with Crippen molar-refractivity contribution < 1.29 is 14.7 Å². The van der Waals surface area contributed by atoms with Crippen LogP contribution in [0.1, 0.15) is 35.4 Å². The van der Waals surface area contributed by atoms with Crippen molar-refractivity contribution in [3.8, 4) is 0 Å². The number of hydrogen-bond acceptors (Lipinski definition) is 4. The van der Waals surface area contributed by atoms with Crippen molar-refractivity contribution in [3.05, 3.63) is 23.8 Å². The molecular weight excluding hydrogens is 208 g/mol. The predicted molar refractivity (Wildman–Crippen MR) is 55.0 cm³/mol. The summed E-state index contributed by atoms with van der Waals surface area (Å²) in [6, 6.07) is 0. The van der Waals surface area contributed by atoms with E-state index in [4.69, 9.17) is 5.11 Å². The third-order valence-corrected chi connectivity index (χ3v) is 2.91. The number of ketones is 1. The summed E-state index contributed by atoms with van der Waals surface area (Å²) in [5.41, 5.74) is -0.430. The average Bonchev–Trinajstić information content (AvgIpc) is 3.00. The van der Waals surface area contributed by atoms with Crippen LogP contribution in [0.4, 0.5) is 0 Å². The van der Waals surface area contributed by atoms with E-state index >= 15 is 0 Å². The van der Waals surface area contributed by atoms with E-state index in [1.54, 1.807) is 6.92 Å². The zero-order valence-corrected chi connectivity index (χ0v) is 8.93. The molecule has 0 aromatic carbocycles. The maximum Gasteiger partial charge on any atom is 0.310 e. The minimum Gasteiger partial charge on any atom is -0.481 e. The normalized spacial score (nSPS) is 16.8. The molecule has 5 heteroatoms. The van der Waals surface area contributed by atoms with E-state index in [-0.39, 0.29) is 12.2 Å². The first kappa shape index (κ1) is 10.7. The summed E-state index contributed by atoms with van der Waals surface area (Å²) in [6.07, 6.45) is 4.11. The SMILES string of the molecule is Cc1ncc(C(=O)CC2(C(=O)O)CC2)cn1. The Balaban J connectivity index is 2.09. The molecule has 0 unspecified atom stereocenters. The monoisotopic (exact) mass is 220 g/mol. The van der Waals surface area contributed by atoms with Gasteiger partial charge in [0.15, 0.2) is 5.78 Å². The van der Waals surface area contributed by atoms with E-state index in [0.29, 0.717) is 24.2 Å². The first-order chi connectivity index (χ1) is 7.53. The Bertz CT molecular complexity index is 435. The zero-order chi connectivity index (χ0) is 11.8. The van der Waals surface area contributed by atoms with E-state index in [9.17, 15) is 9.59 Å². The number of carboxylic acid groups (broad SMARTS) is 1. The lowest BCUT2D eigenvalue weighted by Crippen LogP contribution is -2.19. The van der Waals surface area contributed by atoms with Crippen molar-refractivity contribution in [1.82, 2.24) is 9.97 Å². The molecule has 0 saturated heterocycles. The molecule has 2 rings (SSSR count). The lowest BCUT2D eigenvalue weighted by molar-refractivity contribution is -0.143. The highest BCUT2D eigenvalue weighted by atomic mass is 16.4. The Morgan fingerprint density at radius 2 is 1.94 bits per heavy atom. The van der Waals surface area contributed by atoms with Gasteiger partial charge in [-0.3, -0.25) is 9.59 Å². The average molecular weight is 220 g/mol. The summed E-state index contributed by atoms with van der Waals surface area (Å²) < 4.78 is 0. The van der Waals surface area contributed by atoms with Crippen LogP contribution in [0.2, 0.25) is 0 Å². The minimum atomic E-state index is -0.881. The molecule has 0 spiro atoms. The second kappa shape index (κ2) is 3.66. The van der Waals surface area contributed by atoms with Crippen molar-refractivity contribution in [1.29, 1.82) is 0 Å². The highest BCUT2D eigenvalue weighted by Gasteiger charge is 2.51. The fraction of sp³-hybridized carbons (Fsp3) is 0.455. The van der Waals surface area contributed by atoms with Gasteiger partial charge in [-0.05, 0) is 19.8 Å². The van der Waals surface area contributed by atoms with Gasteiger partial charge in [0.2, 0.25) is 0 Å². The van der Waals surface area contributed by atoms with Crippen LogP contribution < -0.4 is 0 Å². The zero-order valence-electron chi connectivity index (χ0n) is 8.93. The standard InChI is InChI=1S/C11H12N2O3/c1-7-12-5-8(6-13-7)9(14)4-11(2-3-11)10(15)16/h5-6H,2-4H2,1H3,(H,15,16). The van der Waals surface area contributed by atoms with E-state index < -0.39 is 11.4 Å². The molecule has 5 nitrogen and oxygen atoms in total. The van der Waals surface area contributed by atoms with Crippen molar-refractivity contribution in [2.24, 2.45) is 5.41 Å². The maximum absolute atomic E-state index is 11.8. The summed E-state index contributed by atoms with van der Waals surface area (Å²) in [7, 11) is 0. The van der Waals surface area contributed by atoms with Crippen LogP contribution in [0.3, 0.4) is 0 Å². The molecule has 1 aromatic heterocycles. The summed E-state index contributed by atoms with van der Waals surface area (Å²) in [5, 5.41) is 8.96. The predicted octanol–water partition coefficient (Wildman–Crippen LogP) is 1.22. The molecule has 1 saturated carbocycles. The number of nitrogens with zero attached hydrogens (tertiary/aromatic N) is 2. The van der Waals surface area contributed by atoms with Crippen molar-refractivity contribution in [2.45, 2.75) is 26.2 Å². The first-order valence-corrected chi connectivity index (χ1v) is 5.09. The topological polar surface area (TPSA) is 80.2 Å². The second-order valence-corrected chi connectivity index (χ2v) is 4.20. The first-order valence-electron chi connectivity index (χ1n) is 5.09. The molecule has 0 atom stereocenters. The lowest BCUT2D eigenvalue weighted by Gasteiger charge is -2.07. The number of carbonyl (C=O) groups excluding carboxylic acids is 1. The third kappa shape index (κ3) is 1.93. The van der Waals surface area contributed by atoms with Crippen molar-refractivity contribution >= 4 is 11.8 Å². The molecule has 84 valence electrons. The molecule has 1 aliphatic rings. The lowest BCUT2D eigenvalue weighted by atomic mass is 9.97. The Morgan fingerprint density at radius 3 is 2.38 bits per heavy atom. The number of aryl methyl sites for hydroxylation is 1. The summed E-state index contributed by atoms with van der Waals surface area (Å²) in [5.74, 6) is -0.482. The summed E-state index contributed by atoms with van der Waals surface area (Å²) >= 11 is 0. The number of aromatic nitrogens is 2. The third-order valence-electron chi connectivity index (χ3n) is 2.91. The number of Topliss-reactive ketones (excluding diaryl/α,β-unsaturated/α-hetero) is 1. The molecule has 1 heterocycles. The minimum absolute atomic E-state index is 0.0504. The van der Waals surface area contributed by atoms with Crippen LogP contribution in [-0.2, 0) is 4.79 Å². The molecule has 1 aliphatic carbocycles. The van der Waals surface area contributed by atoms with Gasteiger partial charge in [0, 0.05) is 18.8 Å². The van der Waals surface area contributed by atoms with Gasteiger partial charge in [-0.1, -0.05) is 0 Å². The van der Waals surface area contributed by atoms with E-state index in [2.05, 4.69) is 9.97 Å². The van der Waals surface area contributed by atoms with Gasteiger partial charge in [-0.15, -0.1) is 0 Å². The van der Waals surface area contributed by atoms with Gasteiger partial charge in [0.25, 0.3) is 0 Å². The smallest absolute Gasteiger partial charge is 0.310 e. The molecule has 0 bridgehead atoms. The van der Waals surface area contributed by atoms with Crippen LogP contribution in [-0.4, -0.2) is 26.8 Å². The van der Waals surface area contributed by atoms with Gasteiger partial charge in [-0.25, -0.2) is 9.97 Å². The summed E-state index contributed by atoms with van der Waals surface area (Å²) in [4.78, 5) is 30.5. The quantitative estimate of drug-likeness (QED) is 0.772. The molecule has 1 fully saturated rings. The second-order valence-electron chi connectivity index (χ2n) is 4.20. The van der Waals surface area contributed by atoms with E-state index in [1.807, 2.05) is 0 Å². The van der Waals surface area contributed by atoms with Crippen LogP contribution in [0.25, 0.3) is 0 Å². The Morgan fingerprint density at radius 1 is 1.38 bits per heavy atom. The fourth-order valence-corrected chi connectivity index (χ4v) is 1.56.